The van der Waals surface area contributed by atoms with E-state index in [1.807, 2.05) is 0 Å². The second-order valence-corrected chi connectivity index (χ2v) is 6.53. The zero-order chi connectivity index (χ0) is 13.2. The lowest BCUT2D eigenvalue weighted by molar-refractivity contribution is 0.361. The van der Waals surface area contributed by atoms with E-state index in [1.54, 1.807) is 0 Å². The Kier molecular flexibility index (Phi) is 4.86. The van der Waals surface area contributed by atoms with E-state index in [9.17, 15) is 8.42 Å². The summed E-state index contributed by atoms with van der Waals surface area (Å²) in [4.78, 5) is -0.241. The van der Waals surface area contributed by atoms with E-state index in [1.165, 1.54) is 6.07 Å². The van der Waals surface area contributed by atoms with Crippen molar-refractivity contribution in [3.05, 3.63) is 33.2 Å². The zero-order valence-electron chi connectivity index (χ0n) is 8.41. The SMILES string of the molecule is C=C(Br)COc1cc(Cl)c(S(N)(=O)=O)cc1Cl. The highest BCUT2D eigenvalue weighted by Crippen LogP contribution is 2.33. The molecule has 0 aliphatic rings. The van der Waals surface area contributed by atoms with Crippen molar-refractivity contribution in [2.75, 3.05) is 6.61 Å². The van der Waals surface area contributed by atoms with Crippen LogP contribution in [0.15, 0.2) is 28.1 Å². The van der Waals surface area contributed by atoms with Crippen LogP contribution in [0.5, 0.6) is 5.75 Å². The van der Waals surface area contributed by atoms with E-state index in [-0.39, 0.29) is 27.3 Å². The number of nitrogens with two attached hydrogens (primary N) is 1. The Labute approximate surface area is 118 Å². The van der Waals surface area contributed by atoms with Crippen LogP contribution in [0.1, 0.15) is 0 Å². The van der Waals surface area contributed by atoms with Crippen molar-refractivity contribution in [1.82, 2.24) is 0 Å². The van der Waals surface area contributed by atoms with Crippen molar-refractivity contribution in [2.24, 2.45) is 5.14 Å². The van der Waals surface area contributed by atoms with Gasteiger partial charge in [-0.05, 0) is 6.07 Å². The lowest BCUT2D eigenvalue weighted by Crippen LogP contribution is -2.13. The summed E-state index contributed by atoms with van der Waals surface area (Å²) in [6, 6.07) is 2.44. The molecule has 0 saturated heterocycles. The second-order valence-electron chi connectivity index (χ2n) is 3.06. The third-order valence-electron chi connectivity index (χ3n) is 1.68. The average molecular weight is 361 g/mol. The van der Waals surface area contributed by atoms with E-state index in [0.29, 0.717) is 4.48 Å². The number of hydrogen-bond acceptors (Lipinski definition) is 3. The molecule has 0 fully saturated rings. The molecule has 0 radical (unpaired) electrons. The molecule has 0 amide bonds. The normalized spacial score (nSPS) is 11.3. The van der Waals surface area contributed by atoms with Crippen molar-refractivity contribution in [3.63, 3.8) is 0 Å². The van der Waals surface area contributed by atoms with Crippen LogP contribution in [0.4, 0.5) is 0 Å². The summed E-state index contributed by atoms with van der Waals surface area (Å²) < 4.78 is 28.2. The predicted molar refractivity (Wildman–Crippen MR) is 71.4 cm³/mol. The largest absolute Gasteiger partial charge is 0.487 e. The molecular formula is C9H8BrCl2NO3S. The molecule has 0 aliphatic heterocycles. The number of sulfonamides is 1. The summed E-state index contributed by atoms with van der Waals surface area (Å²) >= 11 is 14.7. The van der Waals surface area contributed by atoms with Gasteiger partial charge in [0.25, 0.3) is 0 Å². The van der Waals surface area contributed by atoms with E-state index < -0.39 is 10.0 Å². The van der Waals surface area contributed by atoms with Crippen LogP contribution >= 0.6 is 39.1 Å². The van der Waals surface area contributed by atoms with Crippen LogP contribution in [-0.4, -0.2) is 15.0 Å². The van der Waals surface area contributed by atoms with Crippen molar-refractivity contribution >= 4 is 49.2 Å². The van der Waals surface area contributed by atoms with Gasteiger partial charge in [-0.15, -0.1) is 0 Å². The van der Waals surface area contributed by atoms with Crippen LogP contribution in [0, 0.1) is 0 Å². The maximum absolute atomic E-state index is 11.2. The molecule has 0 aromatic heterocycles. The summed E-state index contributed by atoms with van der Waals surface area (Å²) in [6.07, 6.45) is 0. The Morgan fingerprint density at radius 3 is 2.47 bits per heavy atom. The van der Waals surface area contributed by atoms with Crippen molar-refractivity contribution in [3.8, 4) is 5.75 Å². The molecule has 0 aliphatic carbocycles. The summed E-state index contributed by atoms with van der Waals surface area (Å²) in [5, 5.41) is 5.02. The molecule has 0 atom stereocenters. The molecule has 1 aromatic rings. The monoisotopic (exact) mass is 359 g/mol. The minimum Gasteiger partial charge on any atom is -0.487 e. The third-order valence-corrected chi connectivity index (χ3v) is 3.58. The van der Waals surface area contributed by atoms with Gasteiger partial charge in [-0.1, -0.05) is 45.7 Å². The Morgan fingerprint density at radius 2 is 2.00 bits per heavy atom. The predicted octanol–water partition coefficient (Wildman–Crippen LogP) is 2.93. The number of hydrogen-bond donors (Lipinski definition) is 1. The molecule has 0 heterocycles. The molecule has 4 nitrogen and oxygen atoms in total. The van der Waals surface area contributed by atoms with Crippen molar-refractivity contribution in [2.45, 2.75) is 4.90 Å². The Morgan fingerprint density at radius 1 is 1.41 bits per heavy atom. The number of rotatable bonds is 4. The summed E-state index contributed by atoms with van der Waals surface area (Å²) in [5.74, 6) is 0.254. The molecule has 0 saturated carbocycles. The maximum Gasteiger partial charge on any atom is 0.239 e. The molecule has 1 rings (SSSR count). The third kappa shape index (κ3) is 4.15. The summed E-state index contributed by atoms with van der Waals surface area (Å²) in [5.41, 5.74) is 0. The lowest BCUT2D eigenvalue weighted by Gasteiger charge is -2.09. The Bertz CT molecular complexity index is 560. The van der Waals surface area contributed by atoms with E-state index in [0.717, 1.165) is 6.07 Å². The van der Waals surface area contributed by atoms with Crippen LogP contribution in [-0.2, 0) is 10.0 Å². The quantitative estimate of drug-likeness (QED) is 0.897. The number of ether oxygens (including phenoxy) is 1. The Balaban J connectivity index is 3.14. The van der Waals surface area contributed by atoms with Crippen LogP contribution in [0.3, 0.4) is 0 Å². The van der Waals surface area contributed by atoms with Crippen molar-refractivity contribution < 1.29 is 13.2 Å². The minimum absolute atomic E-state index is 0.0490. The highest BCUT2D eigenvalue weighted by atomic mass is 79.9. The van der Waals surface area contributed by atoms with Gasteiger partial charge >= 0.3 is 0 Å². The fourth-order valence-electron chi connectivity index (χ4n) is 0.995. The average Bonchev–Trinajstić information content (AvgIpc) is 2.17. The molecular weight excluding hydrogens is 353 g/mol. The van der Waals surface area contributed by atoms with Gasteiger partial charge in [0, 0.05) is 10.5 Å². The molecule has 94 valence electrons. The van der Waals surface area contributed by atoms with Gasteiger partial charge in [0.2, 0.25) is 10.0 Å². The maximum atomic E-state index is 11.2. The van der Waals surface area contributed by atoms with Crippen LogP contribution in [0.2, 0.25) is 10.0 Å². The van der Waals surface area contributed by atoms with E-state index >= 15 is 0 Å². The highest BCUT2D eigenvalue weighted by Gasteiger charge is 2.16. The zero-order valence-corrected chi connectivity index (χ0v) is 12.3. The molecule has 8 heteroatoms. The van der Waals surface area contributed by atoms with Gasteiger partial charge in [0.15, 0.2) is 0 Å². The number of halogens is 3. The van der Waals surface area contributed by atoms with Gasteiger partial charge in [0.05, 0.1) is 10.0 Å². The standard InChI is InChI=1S/C9H8BrCl2NO3S/c1-5(10)4-16-8-2-7(12)9(3-6(8)11)17(13,14)15/h2-3H,1,4H2,(H2,13,14,15). The first-order chi connectivity index (χ1) is 7.71. The first-order valence-electron chi connectivity index (χ1n) is 4.19. The minimum atomic E-state index is -3.90. The molecule has 1 aromatic carbocycles. The summed E-state index contributed by atoms with van der Waals surface area (Å²) in [7, 11) is -3.90. The number of primary sulfonamides is 1. The van der Waals surface area contributed by atoms with E-state index in [2.05, 4.69) is 22.5 Å². The van der Waals surface area contributed by atoms with Crippen LogP contribution in [0.25, 0.3) is 0 Å². The molecule has 2 N–H and O–H groups in total. The topological polar surface area (TPSA) is 69.4 Å². The van der Waals surface area contributed by atoms with Gasteiger partial charge in [0.1, 0.15) is 17.3 Å². The first-order valence-corrected chi connectivity index (χ1v) is 7.29. The fourth-order valence-corrected chi connectivity index (χ4v) is 2.48. The second kappa shape index (κ2) is 5.58. The van der Waals surface area contributed by atoms with Gasteiger partial charge in [-0.3, -0.25) is 0 Å². The lowest BCUT2D eigenvalue weighted by atomic mass is 10.3. The summed E-state index contributed by atoms with van der Waals surface area (Å²) in [6.45, 7) is 3.76. The molecule has 17 heavy (non-hydrogen) atoms. The Hall–Kier alpha value is -0.270. The van der Waals surface area contributed by atoms with E-state index in [4.69, 9.17) is 33.1 Å². The first kappa shape index (κ1) is 14.8. The van der Waals surface area contributed by atoms with Gasteiger partial charge < -0.3 is 4.74 Å². The molecule has 0 bridgehead atoms. The molecule has 0 spiro atoms. The van der Waals surface area contributed by atoms with Gasteiger partial charge in [-0.25, -0.2) is 13.6 Å². The number of benzene rings is 1. The highest BCUT2D eigenvalue weighted by molar-refractivity contribution is 9.11. The molecule has 0 unspecified atom stereocenters. The van der Waals surface area contributed by atoms with Crippen LogP contribution < -0.4 is 9.88 Å². The smallest absolute Gasteiger partial charge is 0.239 e. The fraction of sp³-hybridized carbons (Fsp3) is 0.111. The van der Waals surface area contributed by atoms with Crippen molar-refractivity contribution in [1.29, 1.82) is 0 Å². The van der Waals surface area contributed by atoms with Gasteiger partial charge in [-0.2, -0.15) is 0 Å².